The van der Waals surface area contributed by atoms with E-state index in [2.05, 4.69) is 10.6 Å². The van der Waals surface area contributed by atoms with Crippen LogP contribution in [0.2, 0.25) is 0 Å². The van der Waals surface area contributed by atoms with Crippen LogP contribution in [0, 0.1) is 0 Å². The lowest BCUT2D eigenvalue weighted by Gasteiger charge is -2.26. The van der Waals surface area contributed by atoms with Crippen LogP contribution in [0.5, 0.6) is 5.75 Å². The zero-order chi connectivity index (χ0) is 23.8. The molecule has 0 spiro atoms. The van der Waals surface area contributed by atoms with Crippen molar-refractivity contribution < 1.29 is 27.5 Å². The molecule has 9 nitrogen and oxygen atoms in total. The number of amides is 2. The number of morpholine rings is 1. The fourth-order valence-electron chi connectivity index (χ4n) is 3.46. The lowest BCUT2D eigenvalue weighted by molar-refractivity contribution is -0.115. The van der Waals surface area contributed by atoms with Crippen molar-refractivity contribution in [3.63, 3.8) is 0 Å². The van der Waals surface area contributed by atoms with E-state index >= 15 is 0 Å². The summed E-state index contributed by atoms with van der Waals surface area (Å²) in [4.78, 5) is 25.1. The summed E-state index contributed by atoms with van der Waals surface area (Å²) in [5.41, 5.74) is 1.27. The van der Waals surface area contributed by atoms with Crippen molar-refractivity contribution in [1.82, 2.24) is 9.62 Å². The van der Waals surface area contributed by atoms with Crippen molar-refractivity contribution in [3.8, 4) is 5.75 Å². The number of carbonyl (C=O) groups excluding carboxylic acids is 2. The summed E-state index contributed by atoms with van der Waals surface area (Å²) in [5, 5.41) is 5.55. The Kier molecular flexibility index (Phi) is 8.43. The molecule has 2 aromatic carbocycles. The first kappa shape index (κ1) is 24.7. The van der Waals surface area contributed by atoms with Crippen molar-refractivity contribution in [2.75, 3.05) is 45.3 Å². The Balaban J connectivity index is 1.79. The van der Waals surface area contributed by atoms with Gasteiger partial charge in [0.2, 0.25) is 15.9 Å². The second kappa shape index (κ2) is 11.3. The second-order valence-corrected chi connectivity index (χ2v) is 9.43. The molecule has 1 aliphatic rings. The van der Waals surface area contributed by atoms with Crippen LogP contribution in [0.1, 0.15) is 29.3 Å². The summed E-state index contributed by atoms with van der Waals surface area (Å²) in [6.07, 6.45) is 0.730. The zero-order valence-electron chi connectivity index (χ0n) is 18.8. The van der Waals surface area contributed by atoms with Crippen molar-refractivity contribution >= 4 is 27.5 Å². The molecule has 0 atom stereocenters. The molecule has 1 heterocycles. The van der Waals surface area contributed by atoms with Crippen LogP contribution in [0.4, 0.5) is 5.69 Å². The molecule has 0 aromatic heterocycles. The fraction of sp³-hybridized carbons (Fsp3) is 0.391. The van der Waals surface area contributed by atoms with E-state index in [4.69, 9.17) is 9.47 Å². The Morgan fingerprint density at radius 3 is 2.55 bits per heavy atom. The lowest BCUT2D eigenvalue weighted by atomic mass is 10.1. The number of methoxy groups -OCH3 is 1. The predicted molar refractivity (Wildman–Crippen MR) is 124 cm³/mol. The maximum atomic E-state index is 13.1. The van der Waals surface area contributed by atoms with Crippen molar-refractivity contribution in [2.24, 2.45) is 0 Å². The van der Waals surface area contributed by atoms with E-state index in [-0.39, 0.29) is 42.0 Å². The van der Waals surface area contributed by atoms with Gasteiger partial charge in [0.15, 0.2) is 0 Å². The van der Waals surface area contributed by atoms with Crippen molar-refractivity contribution in [1.29, 1.82) is 0 Å². The SMILES string of the molecule is CCCNC(=O)c1ccccc1NC(=O)Cc1ccc(OC)c(S(=O)(=O)N2CCOCC2)c1. The number of nitrogens with zero attached hydrogens (tertiary/aromatic N) is 1. The van der Waals surface area contributed by atoms with Crippen molar-refractivity contribution in [3.05, 3.63) is 53.6 Å². The molecule has 33 heavy (non-hydrogen) atoms. The monoisotopic (exact) mass is 475 g/mol. The summed E-state index contributed by atoms with van der Waals surface area (Å²) >= 11 is 0. The molecule has 3 rings (SSSR count). The summed E-state index contributed by atoms with van der Waals surface area (Å²) in [7, 11) is -2.40. The molecule has 0 aliphatic carbocycles. The molecule has 0 unspecified atom stereocenters. The third kappa shape index (κ3) is 6.10. The Morgan fingerprint density at radius 1 is 1.12 bits per heavy atom. The number of carbonyl (C=O) groups is 2. The van der Waals surface area contributed by atoms with Crippen LogP contribution in [-0.4, -0.2) is 64.5 Å². The van der Waals surface area contributed by atoms with Gasteiger partial charge in [0, 0.05) is 19.6 Å². The molecule has 1 saturated heterocycles. The molecule has 0 bridgehead atoms. The fourth-order valence-corrected chi connectivity index (χ4v) is 5.08. The number of ether oxygens (including phenoxy) is 2. The highest BCUT2D eigenvalue weighted by molar-refractivity contribution is 7.89. The lowest BCUT2D eigenvalue weighted by Crippen LogP contribution is -2.40. The summed E-state index contributed by atoms with van der Waals surface area (Å²) in [6, 6.07) is 11.4. The molecule has 1 aliphatic heterocycles. The number of rotatable bonds is 9. The summed E-state index contributed by atoms with van der Waals surface area (Å²) in [6.45, 7) is 3.66. The second-order valence-electron chi connectivity index (χ2n) is 7.53. The van der Waals surface area contributed by atoms with Crippen LogP contribution in [0.15, 0.2) is 47.4 Å². The quantitative estimate of drug-likeness (QED) is 0.574. The maximum Gasteiger partial charge on any atom is 0.253 e. The third-order valence-electron chi connectivity index (χ3n) is 5.16. The van der Waals surface area contributed by atoms with E-state index in [0.717, 1.165) is 6.42 Å². The van der Waals surface area contributed by atoms with Crippen molar-refractivity contribution in [2.45, 2.75) is 24.7 Å². The van der Waals surface area contributed by atoms with Gasteiger partial charge in [0.25, 0.3) is 5.91 Å². The molecular weight excluding hydrogens is 446 g/mol. The topological polar surface area (TPSA) is 114 Å². The van der Waals surface area contributed by atoms with Crippen LogP contribution in [0.3, 0.4) is 0 Å². The molecular formula is C23H29N3O6S. The average molecular weight is 476 g/mol. The minimum absolute atomic E-state index is 0.0107. The van der Waals surface area contributed by atoms with E-state index in [1.165, 1.54) is 17.5 Å². The van der Waals surface area contributed by atoms with Gasteiger partial charge in [-0.3, -0.25) is 9.59 Å². The number of hydrogen-bond acceptors (Lipinski definition) is 6. The van der Waals surface area contributed by atoms with Gasteiger partial charge in [-0.25, -0.2) is 8.42 Å². The van der Waals surface area contributed by atoms with Gasteiger partial charge in [-0.15, -0.1) is 0 Å². The molecule has 0 saturated carbocycles. The smallest absolute Gasteiger partial charge is 0.253 e. The first-order chi connectivity index (χ1) is 15.9. The van der Waals surface area contributed by atoms with E-state index in [1.807, 2.05) is 6.92 Å². The highest BCUT2D eigenvalue weighted by atomic mass is 32.2. The Labute approximate surface area is 194 Å². The number of hydrogen-bond donors (Lipinski definition) is 2. The van der Waals surface area contributed by atoms with Gasteiger partial charge in [0.05, 0.1) is 38.0 Å². The Hall–Kier alpha value is -2.95. The maximum absolute atomic E-state index is 13.1. The normalized spacial score (nSPS) is 14.5. The molecule has 1 fully saturated rings. The number of benzene rings is 2. The first-order valence-electron chi connectivity index (χ1n) is 10.8. The highest BCUT2D eigenvalue weighted by Crippen LogP contribution is 2.29. The van der Waals surface area contributed by atoms with Gasteiger partial charge >= 0.3 is 0 Å². The van der Waals surface area contributed by atoms with Crippen LogP contribution in [0.25, 0.3) is 0 Å². The Morgan fingerprint density at radius 2 is 1.85 bits per heavy atom. The third-order valence-corrected chi connectivity index (χ3v) is 7.08. The van der Waals surface area contributed by atoms with Crippen LogP contribution in [-0.2, 0) is 26.0 Å². The first-order valence-corrected chi connectivity index (χ1v) is 12.2. The van der Waals surface area contributed by atoms with Gasteiger partial charge in [-0.05, 0) is 36.2 Å². The van der Waals surface area contributed by atoms with Gasteiger partial charge in [0.1, 0.15) is 10.6 Å². The predicted octanol–water partition coefficient (Wildman–Crippen LogP) is 2.04. The van der Waals surface area contributed by atoms with E-state index in [1.54, 1.807) is 36.4 Å². The standard InChI is InChI=1S/C23H29N3O6S/c1-3-10-24-23(28)18-6-4-5-7-19(18)25-22(27)16-17-8-9-20(31-2)21(15-17)33(29,30)26-11-13-32-14-12-26/h4-9,15H,3,10-14,16H2,1-2H3,(H,24,28)(H,25,27). The van der Waals surface area contributed by atoms with E-state index in [9.17, 15) is 18.0 Å². The van der Waals surface area contributed by atoms with Gasteiger partial charge in [-0.2, -0.15) is 4.31 Å². The molecule has 2 aromatic rings. The minimum atomic E-state index is -3.81. The van der Waals surface area contributed by atoms with Gasteiger partial charge in [-0.1, -0.05) is 25.1 Å². The number of anilines is 1. The molecule has 2 amide bonds. The van der Waals surface area contributed by atoms with E-state index < -0.39 is 10.0 Å². The highest BCUT2D eigenvalue weighted by Gasteiger charge is 2.29. The number of para-hydroxylation sites is 1. The average Bonchev–Trinajstić information content (AvgIpc) is 2.83. The van der Waals surface area contributed by atoms with Crippen LogP contribution < -0.4 is 15.4 Å². The molecule has 178 valence electrons. The number of nitrogens with one attached hydrogen (secondary N) is 2. The zero-order valence-corrected chi connectivity index (χ0v) is 19.6. The summed E-state index contributed by atoms with van der Waals surface area (Å²) in [5.74, 6) is -0.426. The Bertz CT molecular complexity index is 1100. The van der Waals surface area contributed by atoms with Gasteiger partial charge < -0.3 is 20.1 Å². The minimum Gasteiger partial charge on any atom is -0.495 e. The van der Waals surface area contributed by atoms with Crippen LogP contribution >= 0.6 is 0 Å². The summed E-state index contributed by atoms with van der Waals surface area (Å²) < 4.78 is 38.2. The largest absolute Gasteiger partial charge is 0.495 e. The molecule has 10 heteroatoms. The van der Waals surface area contributed by atoms with E-state index in [0.29, 0.717) is 36.6 Å². The number of sulfonamides is 1. The molecule has 2 N–H and O–H groups in total. The molecule has 0 radical (unpaired) electrons.